The van der Waals surface area contributed by atoms with Crippen LogP contribution in [0, 0.1) is 0 Å². The van der Waals surface area contributed by atoms with Crippen molar-refractivity contribution < 1.29 is 18.0 Å². The standard InChI is InChI=1S/C8H10F3NO/c9-5-1-2-7(12-6-13)3-4-8(10)11/h1,5,7-8H,2-4H2/b5-1+. The van der Waals surface area contributed by atoms with Gasteiger partial charge in [0, 0.05) is 6.42 Å². The number of hydrogen-bond acceptors (Lipinski definition) is 2. The minimum absolute atomic E-state index is 0.0667. The van der Waals surface area contributed by atoms with Crippen LogP contribution in [0.3, 0.4) is 0 Å². The Kier molecular flexibility index (Phi) is 6.92. The summed E-state index contributed by atoms with van der Waals surface area (Å²) in [5.41, 5.74) is 0. The molecule has 0 aliphatic rings. The molecule has 2 nitrogen and oxygen atoms in total. The lowest BCUT2D eigenvalue weighted by atomic mass is 10.1. The first kappa shape index (κ1) is 11.9. The smallest absolute Gasteiger partial charge is 0.216 e. The number of carbonyl (C=O) groups excluding carboxylic acids is 1. The van der Waals surface area contributed by atoms with E-state index in [9.17, 15) is 18.0 Å². The van der Waals surface area contributed by atoms with Crippen LogP contribution in [0.15, 0.2) is 17.4 Å². The molecule has 0 aromatic carbocycles. The van der Waals surface area contributed by atoms with Crippen molar-refractivity contribution in [3.8, 4) is 0 Å². The zero-order chi connectivity index (χ0) is 10.1. The van der Waals surface area contributed by atoms with Crippen LogP contribution in [-0.4, -0.2) is 18.5 Å². The lowest BCUT2D eigenvalue weighted by molar-refractivity contribution is 0.132. The van der Waals surface area contributed by atoms with Gasteiger partial charge in [0.2, 0.25) is 12.5 Å². The highest BCUT2D eigenvalue weighted by Gasteiger charge is 2.09. The maximum absolute atomic E-state index is 11.7. The molecule has 0 spiro atoms. The van der Waals surface area contributed by atoms with Crippen molar-refractivity contribution in [1.29, 1.82) is 0 Å². The topological polar surface area (TPSA) is 29.4 Å². The van der Waals surface area contributed by atoms with E-state index in [1.54, 1.807) is 0 Å². The third-order valence-electron chi connectivity index (χ3n) is 1.45. The largest absolute Gasteiger partial charge is 0.238 e. The molecule has 0 amide bonds. The first-order chi connectivity index (χ1) is 6.20. The fourth-order valence-electron chi connectivity index (χ4n) is 0.837. The Morgan fingerprint density at radius 1 is 1.38 bits per heavy atom. The molecule has 0 radical (unpaired) electrons. The van der Waals surface area contributed by atoms with E-state index >= 15 is 0 Å². The van der Waals surface area contributed by atoms with Crippen molar-refractivity contribution in [2.24, 2.45) is 4.99 Å². The lowest BCUT2D eigenvalue weighted by Crippen LogP contribution is -2.05. The third kappa shape index (κ3) is 7.28. The maximum atomic E-state index is 11.7. The fourth-order valence-corrected chi connectivity index (χ4v) is 0.837. The Morgan fingerprint density at radius 3 is 2.54 bits per heavy atom. The quantitative estimate of drug-likeness (QED) is 0.471. The van der Waals surface area contributed by atoms with Crippen molar-refractivity contribution in [2.75, 3.05) is 0 Å². The van der Waals surface area contributed by atoms with E-state index in [0.717, 1.165) is 6.08 Å². The Hall–Kier alpha value is -1.09. The molecule has 0 aromatic rings. The van der Waals surface area contributed by atoms with Crippen LogP contribution < -0.4 is 0 Å². The predicted octanol–water partition coefficient (Wildman–Crippen LogP) is 2.61. The highest BCUT2D eigenvalue weighted by Crippen LogP contribution is 2.11. The summed E-state index contributed by atoms with van der Waals surface area (Å²) in [6.45, 7) is 0. The second kappa shape index (κ2) is 7.55. The van der Waals surface area contributed by atoms with Gasteiger partial charge >= 0.3 is 0 Å². The van der Waals surface area contributed by atoms with Crippen LogP contribution in [-0.2, 0) is 4.79 Å². The Morgan fingerprint density at radius 2 is 2.08 bits per heavy atom. The number of halogens is 3. The molecular weight excluding hydrogens is 183 g/mol. The van der Waals surface area contributed by atoms with Gasteiger partial charge in [0.15, 0.2) is 0 Å². The summed E-state index contributed by atoms with van der Waals surface area (Å²) in [7, 11) is 0. The molecule has 13 heavy (non-hydrogen) atoms. The molecule has 74 valence electrons. The Bertz CT molecular complexity index is 200. The first-order valence-electron chi connectivity index (χ1n) is 3.81. The van der Waals surface area contributed by atoms with Crippen LogP contribution in [0.25, 0.3) is 0 Å². The van der Waals surface area contributed by atoms with Crippen LogP contribution in [0.2, 0.25) is 0 Å². The summed E-state index contributed by atoms with van der Waals surface area (Å²) in [6.07, 6.45) is 0.174. The second-order valence-electron chi connectivity index (χ2n) is 2.44. The maximum Gasteiger partial charge on any atom is 0.238 e. The van der Waals surface area contributed by atoms with E-state index in [1.165, 1.54) is 6.08 Å². The SMILES string of the molecule is O=C=NC(C/C=C/F)CCC(F)F. The van der Waals surface area contributed by atoms with Gasteiger partial charge < -0.3 is 0 Å². The number of aliphatic imine (C=N–C) groups is 1. The van der Waals surface area contributed by atoms with Gasteiger partial charge in [-0.05, 0) is 12.8 Å². The summed E-state index contributed by atoms with van der Waals surface area (Å²) in [4.78, 5) is 13.1. The fraction of sp³-hybridized carbons (Fsp3) is 0.625. The van der Waals surface area contributed by atoms with Crippen LogP contribution >= 0.6 is 0 Å². The van der Waals surface area contributed by atoms with Crippen molar-refractivity contribution in [1.82, 2.24) is 0 Å². The van der Waals surface area contributed by atoms with Gasteiger partial charge in [-0.25, -0.2) is 23.0 Å². The molecule has 0 rings (SSSR count). The van der Waals surface area contributed by atoms with E-state index in [1.807, 2.05) is 0 Å². The van der Waals surface area contributed by atoms with Gasteiger partial charge in [0.25, 0.3) is 0 Å². The average Bonchev–Trinajstić information content (AvgIpc) is 2.09. The number of hydrogen-bond donors (Lipinski definition) is 0. The normalized spacial score (nSPS) is 13.2. The minimum Gasteiger partial charge on any atom is -0.216 e. The molecule has 1 atom stereocenters. The van der Waals surface area contributed by atoms with Crippen LogP contribution in [0.4, 0.5) is 13.2 Å². The molecule has 0 aliphatic heterocycles. The number of nitrogens with zero attached hydrogens (tertiary/aromatic N) is 1. The van der Waals surface area contributed by atoms with Gasteiger partial charge in [-0.2, -0.15) is 0 Å². The number of isocyanates is 1. The number of rotatable bonds is 6. The van der Waals surface area contributed by atoms with Crippen LogP contribution in [0.1, 0.15) is 19.3 Å². The average molecular weight is 193 g/mol. The van der Waals surface area contributed by atoms with Crippen molar-refractivity contribution >= 4 is 6.08 Å². The Labute approximate surface area is 74.2 Å². The van der Waals surface area contributed by atoms with Gasteiger partial charge in [0.05, 0.1) is 12.4 Å². The van der Waals surface area contributed by atoms with E-state index in [-0.39, 0.29) is 19.3 Å². The number of alkyl halides is 2. The molecule has 0 bridgehead atoms. The van der Waals surface area contributed by atoms with E-state index in [0.29, 0.717) is 6.33 Å². The first-order valence-corrected chi connectivity index (χ1v) is 3.81. The predicted molar refractivity (Wildman–Crippen MR) is 42.0 cm³/mol. The summed E-state index contributed by atoms with van der Waals surface area (Å²) >= 11 is 0. The summed E-state index contributed by atoms with van der Waals surface area (Å²) in [5.74, 6) is 0. The lowest BCUT2D eigenvalue weighted by Gasteiger charge is -2.06. The molecule has 0 aliphatic carbocycles. The molecule has 0 saturated carbocycles. The third-order valence-corrected chi connectivity index (χ3v) is 1.45. The minimum atomic E-state index is -2.42. The van der Waals surface area contributed by atoms with Gasteiger partial charge in [-0.15, -0.1) is 0 Å². The highest BCUT2D eigenvalue weighted by atomic mass is 19.3. The molecule has 5 heteroatoms. The molecule has 0 fully saturated rings. The van der Waals surface area contributed by atoms with Gasteiger partial charge in [0.1, 0.15) is 0 Å². The molecule has 1 unspecified atom stereocenters. The zero-order valence-corrected chi connectivity index (χ0v) is 6.92. The van der Waals surface area contributed by atoms with Crippen molar-refractivity contribution in [2.45, 2.75) is 31.7 Å². The van der Waals surface area contributed by atoms with Gasteiger partial charge in [-0.1, -0.05) is 6.08 Å². The molecule has 0 aromatic heterocycles. The van der Waals surface area contributed by atoms with E-state index < -0.39 is 12.5 Å². The molecular formula is C8H10F3NO. The van der Waals surface area contributed by atoms with Crippen LogP contribution in [0.5, 0.6) is 0 Å². The Balaban J connectivity index is 3.86. The second-order valence-corrected chi connectivity index (χ2v) is 2.44. The summed E-state index contributed by atoms with van der Waals surface area (Å²) < 4.78 is 35.0. The van der Waals surface area contributed by atoms with Gasteiger partial charge in [-0.3, -0.25) is 0 Å². The van der Waals surface area contributed by atoms with E-state index in [2.05, 4.69) is 4.99 Å². The van der Waals surface area contributed by atoms with Crippen molar-refractivity contribution in [3.63, 3.8) is 0 Å². The monoisotopic (exact) mass is 193 g/mol. The molecule has 0 heterocycles. The highest BCUT2D eigenvalue weighted by molar-refractivity contribution is 5.33. The summed E-state index contributed by atoms with van der Waals surface area (Å²) in [6, 6.07) is -0.585. The zero-order valence-electron chi connectivity index (χ0n) is 6.92. The van der Waals surface area contributed by atoms with E-state index in [4.69, 9.17) is 0 Å². The summed E-state index contributed by atoms with van der Waals surface area (Å²) in [5, 5.41) is 0. The molecule has 0 saturated heterocycles. The van der Waals surface area contributed by atoms with Crippen molar-refractivity contribution in [3.05, 3.63) is 12.4 Å². The molecule has 0 N–H and O–H groups in total.